The molecule has 0 saturated carbocycles. The normalized spacial score (nSPS) is 16.6. The molecular weight excluding hydrogens is 162 g/mol. The number of nitrogens with one attached hydrogen (secondary N) is 1. The van der Waals surface area contributed by atoms with Crippen LogP contribution in [-0.2, 0) is 4.74 Å². The summed E-state index contributed by atoms with van der Waals surface area (Å²) < 4.78 is 5.60. The second-order valence-electron chi connectivity index (χ2n) is 4.38. The van der Waals surface area contributed by atoms with Crippen molar-refractivity contribution in [3.8, 4) is 0 Å². The molecule has 0 aromatic rings. The Morgan fingerprint density at radius 3 is 1.92 bits per heavy atom. The standard InChI is InChI=1S/C11H25NO/c1-8(2)10(5)11(12-6)7-13-9(3)4/h8-12H,7H2,1-6H3. The molecule has 0 spiro atoms. The molecule has 0 aliphatic carbocycles. The first-order valence-corrected chi connectivity index (χ1v) is 5.27. The van der Waals surface area contributed by atoms with Crippen molar-refractivity contribution >= 4 is 0 Å². The van der Waals surface area contributed by atoms with Crippen LogP contribution in [-0.4, -0.2) is 25.8 Å². The Hall–Kier alpha value is -0.0800. The molecule has 0 aliphatic rings. The Bertz CT molecular complexity index is 123. The van der Waals surface area contributed by atoms with Crippen LogP contribution in [0.3, 0.4) is 0 Å². The number of hydrogen-bond donors (Lipinski definition) is 1. The lowest BCUT2D eigenvalue weighted by Gasteiger charge is -2.27. The molecule has 0 bridgehead atoms. The van der Waals surface area contributed by atoms with Crippen LogP contribution in [0.15, 0.2) is 0 Å². The zero-order valence-corrected chi connectivity index (χ0v) is 9.92. The van der Waals surface area contributed by atoms with Crippen LogP contribution >= 0.6 is 0 Å². The Morgan fingerprint density at radius 2 is 1.62 bits per heavy atom. The fraction of sp³-hybridized carbons (Fsp3) is 1.00. The van der Waals surface area contributed by atoms with Crippen LogP contribution in [0.5, 0.6) is 0 Å². The van der Waals surface area contributed by atoms with Crippen molar-refractivity contribution in [3.05, 3.63) is 0 Å². The van der Waals surface area contributed by atoms with E-state index >= 15 is 0 Å². The van der Waals surface area contributed by atoms with Gasteiger partial charge in [-0.3, -0.25) is 0 Å². The van der Waals surface area contributed by atoms with Gasteiger partial charge in [-0.2, -0.15) is 0 Å². The predicted molar refractivity (Wildman–Crippen MR) is 57.9 cm³/mol. The molecule has 0 heterocycles. The Kier molecular flexibility index (Phi) is 6.35. The predicted octanol–water partition coefficient (Wildman–Crippen LogP) is 2.29. The van der Waals surface area contributed by atoms with Gasteiger partial charge in [0.1, 0.15) is 0 Å². The van der Waals surface area contributed by atoms with Gasteiger partial charge >= 0.3 is 0 Å². The van der Waals surface area contributed by atoms with E-state index < -0.39 is 0 Å². The SMILES string of the molecule is CNC(COC(C)C)C(C)C(C)C. The number of ether oxygens (including phenoxy) is 1. The van der Waals surface area contributed by atoms with Crippen LogP contribution in [0.1, 0.15) is 34.6 Å². The third-order valence-corrected chi connectivity index (χ3v) is 2.67. The van der Waals surface area contributed by atoms with Crippen molar-refractivity contribution in [2.45, 2.75) is 46.8 Å². The lowest BCUT2D eigenvalue weighted by atomic mass is 9.91. The summed E-state index contributed by atoms with van der Waals surface area (Å²) in [5.41, 5.74) is 0. The minimum Gasteiger partial charge on any atom is -0.377 e. The van der Waals surface area contributed by atoms with Crippen LogP contribution in [0, 0.1) is 11.8 Å². The summed E-state index contributed by atoms with van der Waals surface area (Å²) in [4.78, 5) is 0. The molecular formula is C11H25NO. The topological polar surface area (TPSA) is 21.3 Å². The van der Waals surface area contributed by atoms with Gasteiger partial charge in [0, 0.05) is 6.04 Å². The van der Waals surface area contributed by atoms with E-state index in [1.54, 1.807) is 0 Å². The lowest BCUT2D eigenvalue weighted by Crippen LogP contribution is -2.39. The van der Waals surface area contributed by atoms with E-state index in [9.17, 15) is 0 Å². The van der Waals surface area contributed by atoms with Crippen molar-refractivity contribution in [3.63, 3.8) is 0 Å². The Morgan fingerprint density at radius 1 is 1.08 bits per heavy atom. The smallest absolute Gasteiger partial charge is 0.0625 e. The van der Waals surface area contributed by atoms with Gasteiger partial charge in [-0.1, -0.05) is 20.8 Å². The fourth-order valence-corrected chi connectivity index (χ4v) is 1.26. The molecule has 2 unspecified atom stereocenters. The molecule has 1 N–H and O–H groups in total. The summed E-state index contributed by atoms with van der Waals surface area (Å²) >= 11 is 0. The van der Waals surface area contributed by atoms with Gasteiger partial charge in [0.15, 0.2) is 0 Å². The summed E-state index contributed by atoms with van der Waals surface area (Å²) in [6, 6.07) is 0.474. The third kappa shape index (κ3) is 5.27. The second kappa shape index (κ2) is 6.39. The first-order valence-electron chi connectivity index (χ1n) is 5.27. The quantitative estimate of drug-likeness (QED) is 0.689. The van der Waals surface area contributed by atoms with Crippen LogP contribution in [0.25, 0.3) is 0 Å². The van der Waals surface area contributed by atoms with E-state index in [0.29, 0.717) is 24.0 Å². The van der Waals surface area contributed by atoms with E-state index in [-0.39, 0.29) is 0 Å². The third-order valence-electron chi connectivity index (χ3n) is 2.67. The molecule has 80 valence electrons. The summed E-state index contributed by atoms with van der Waals surface area (Å²) in [7, 11) is 2.01. The first-order chi connectivity index (χ1) is 5.99. The number of hydrogen-bond acceptors (Lipinski definition) is 2. The average molecular weight is 187 g/mol. The van der Waals surface area contributed by atoms with Gasteiger partial charge in [0.05, 0.1) is 12.7 Å². The minimum atomic E-state index is 0.329. The molecule has 13 heavy (non-hydrogen) atoms. The zero-order chi connectivity index (χ0) is 10.4. The summed E-state index contributed by atoms with van der Waals surface area (Å²) in [6.07, 6.45) is 0.329. The maximum Gasteiger partial charge on any atom is 0.0625 e. The first kappa shape index (κ1) is 12.9. The van der Waals surface area contributed by atoms with Gasteiger partial charge in [0.2, 0.25) is 0 Å². The molecule has 0 fully saturated rings. The maximum absolute atomic E-state index is 5.60. The molecule has 0 amide bonds. The van der Waals surface area contributed by atoms with Crippen molar-refractivity contribution < 1.29 is 4.74 Å². The summed E-state index contributed by atoms with van der Waals surface area (Å²) in [5, 5.41) is 3.31. The van der Waals surface area contributed by atoms with Gasteiger partial charge < -0.3 is 10.1 Å². The highest BCUT2D eigenvalue weighted by atomic mass is 16.5. The van der Waals surface area contributed by atoms with Gasteiger partial charge in [-0.25, -0.2) is 0 Å². The molecule has 2 nitrogen and oxygen atoms in total. The van der Waals surface area contributed by atoms with Crippen molar-refractivity contribution in [2.75, 3.05) is 13.7 Å². The second-order valence-corrected chi connectivity index (χ2v) is 4.38. The minimum absolute atomic E-state index is 0.329. The zero-order valence-electron chi connectivity index (χ0n) is 9.92. The van der Waals surface area contributed by atoms with Crippen LogP contribution in [0.2, 0.25) is 0 Å². The fourth-order valence-electron chi connectivity index (χ4n) is 1.26. The number of rotatable bonds is 6. The molecule has 2 heteroatoms. The largest absolute Gasteiger partial charge is 0.377 e. The molecule has 2 atom stereocenters. The Balaban J connectivity index is 3.87. The van der Waals surface area contributed by atoms with Gasteiger partial charge in [-0.05, 0) is 32.7 Å². The van der Waals surface area contributed by atoms with E-state index in [0.717, 1.165) is 6.61 Å². The molecule has 0 radical (unpaired) electrons. The molecule has 0 rings (SSSR count). The highest BCUT2D eigenvalue weighted by molar-refractivity contribution is 4.73. The van der Waals surface area contributed by atoms with Crippen molar-refractivity contribution in [2.24, 2.45) is 11.8 Å². The van der Waals surface area contributed by atoms with E-state index in [4.69, 9.17) is 4.74 Å². The molecule has 0 aliphatic heterocycles. The van der Waals surface area contributed by atoms with Crippen molar-refractivity contribution in [1.82, 2.24) is 5.32 Å². The van der Waals surface area contributed by atoms with E-state index in [1.165, 1.54) is 0 Å². The lowest BCUT2D eigenvalue weighted by molar-refractivity contribution is 0.0464. The van der Waals surface area contributed by atoms with Crippen LogP contribution < -0.4 is 5.32 Å². The van der Waals surface area contributed by atoms with E-state index in [2.05, 4.69) is 39.9 Å². The van der Waals surface area contributed by atoms with Gasteiger partial charge in [-0.15, -0.1) is 0 Å². The molecule has 0 saturated heterocycles. The highest BCUT2D eigenvalue weighted by Crippen LogP contribution is 2.14. The highest BCUT2D eigenvalue weighted by Gasteiger charge is 2.18. The van der Waals surface area contributed by atoms with Gasteiger partial charge in [0.25, 0.3) is 0 Å². The monoisotopic (exact) mass is 187 g/mol. The number of likely N-dealkylation sites (N-methyl/N-ethyl adjacent to an activating group) is 1. The maximum atomic E-state index is 5.60. The average Bonchev–Trinajstić information content (AvgIpc) is 2.04. The van der Waals surface area contributed by atoms with E-state index in [1.807, 2.05) is 7.05 Å². The Labute approximate surface area is 83.1 Å². The van der Waals surface area contributed by atoms with Crippen molar-refractivity contribution in [1.29, 1.82) is 0 Å². The molecule has 0 aromatic carbocycles. The summed E-state index contributed by atoms with van der Waals surface area (Å²) in [5.74, 6) is 1.36. The molecule has 0 aromatic heterocycles. The van der Waals surface area contributed by atoms with Crippen LogP contribution in [0.4, 0.5) is 0 Å². The summed E-state index contributed by atoms with van der Waals surface area (Å²) in [6.45, 7) is 11.7.